The first-order valence-corrected chi connectivity index (χ1v) is 8.19. The van der Waals surface area contributed by atoms with E-state index in [-0.39, 0.29) is 4.90 Å². The molecule has 0 heterocycles. The van der Waals surface area contributed by atoms with Crippen LogP contribution in [0.4, 0.5) is 0 Å². The number of hydrogen-bond donors (Lipinski definition) is 1. The maximum absolute atomic E-state index is 11.4. The van der Waals surface area contributed by atoms with Crippen molar-refractivity contribution in [2.24, 2.45) is 11.1 Å². The van der Waals surface area contributed by atoms with Gasteiger partial charge in [0, 0.05) is 0 Å². The van der Waals surface area contributed by atoms with Gasteiger partial charge in [-0.2, -0.15) is 0 Å². The standard InChI is InChI=1S/C14H21NO3S/c1-10-8-14(19(15,16)17)11(2)7-13(10)18-9-12-5-3-4-6-12/h7-8,12H,3-6,9H2,1-2H3,(H2,15,16,17). The Labute approximate surface area is 115 Å². The van der Waals surface area contributed by atoms with Crippen molar-refractivity contribution in [1.29, 1.82) is 0 Å². The molecule has 106 valence electrons. The van der Waals surface area contributed by atoms with Crippen LogP contribution in [0.15, 0.2) is 17.0 Å². The Kier molecular flexibility index (Phi) is 4.16. The van der Waals surface area contributed by atoms with Crippen molar-refractivity contribution in [3.05, 3.63) is 23.3 Å². The molecule has 0 aromatic heterocycles. The molecular weight excluding hydrogens is 262 g/mol. The maximum Gasteiger partial charge on any atom is 0.238 e. The molecule has 0 aliphatic heterocycles. The molecule has 1 fully saturated rings. The van der Waals surface area contributed by atoms with E-state index in [0.717, 1.165) is 17.9 Å². The van der Waals surface area contributed by atoms with Crippen molar-refractivity contribution >= 4 is 10.0 Å². The number of benzene rings is 1. The van der Waals surface area contributed by atoms with Crippen LogP contribution in [0, 0.1) is 19.8 Å². The topological polar surface area (TPSA) is 69.4 Å². The summed E-state index contributed by atoms with van der Waals surface area (Å²) in [6.07, 6.45) is 5.04. The zero-order valence-corrected chi connectivity index (χ0v) is 12.3. The second-order valence-corrected chi connectivity index (χ2v) is 6.92. The SMILES string of the molecule is Cc1cc(S(N)(=O)=O)c(C)cc1OCC1CCCC1. The molecule has 0 saturated heterocycles. The third-order valence-electron chi connectivity index (χ3n) is 3.73. The predicted molar refractivity (Wildman–Crippen MR) is 74.7 cm³/mol. The Balaban J connectivity index is 2.16. The van der Waals surface area contributed by atoms with E-state index in [1.165, 1.54) is 25.7 Å². The number of sulfonamides is 1. The Hall–Kier alpha value is -1.07. The van der Waals surface area contributed by atoms with Gasteiger partial charge in [-0.1, -0.05) is 12.8 Å². The summed E-state index contributed by atoms with van der Waals surface area (Å²) in [5.74, 6) is 1.40. The van der Waals surface area contributed by atoms with E-state index >= 15 is 0 Å². The number of nitrogens with two attached hydrogens (primary N) is 1. The van der Waals surface area contributed by atoms with E-state index in [2.05, 4.69) is 0 Å². The van der Waals surface area contributed by atoms with E-state index in [0.29, 0.717) is 11.5 Å². The first kappa shape index (κ1) is 14.3. The van der Waals surface area contributed by atoms with Gasteiger partial charge in [0.15, 0.2) is 0 Å². The van der Waals surface area contributed by atoms with Gasteiger partial charge in [-0.25, -0.2) is 13.6 Å². The largest absolute Gasteiger partial charge is 0.493 e. The van der Waals surface area contributed by atoms with Crippen molar-refractivity contribution in [2.45, 2.75) is 44.4 Å². The van der Waals surface area contributed by atoms with Crippen LogP contribution in [0.2, 0.25) is 0 Å². The predicted octanol–water partition coefficient (Wildman–Crippen LogP) is 2.52. The normalized spacial score (nSPS) is 16.8. The summed E-state index contributed by atoms with van der Waals surface area (Å²) < 4.78 is 28.7. The highest BCUT2D eigenvalue weighted by Gasteiger charge is 2.18. The molecule has 1 aromatic rings. The molecule has 2 rings (SSSR count). The summed E-state index contributed by atoms with van der Waals surface area (Å²) in [7, 11) is -3.66. The van der Waals surface area contributed by atoms with Gasteiger partial charge >= 0.3 is 0 Å². The summed E-state index contributed by atoms with van der Waals surface area (Å²) in [5.41, 5.74) is 1.45. The highest BCUT2D eigenvalue weighted by molar-refractivity contribution is 7.89. The van der Waals surface area contributed by atoms with E-state index in [4.69, 9.17) is 9.88 Å². The molecule has 1 aromatic carbocycles. The van der Waals surface area contributed by atoms with Crippen LogP contribution in [0.3, 0.4) is 0 Å². The number of rotatable bonds is 4. The lowest BCUT2D eigenvalue weighted by atomic mass is 10.1. The highest BCUT2D eigenvalue weighted by atomic mass is 32.2. The third-order valence-corrected chi connectivity index (χ3v) is 4.78. The van der Waals surface area contributed by atoms with Crippen LogP contribution in [-0.4, -0.2) is 15.0 Å². The van der Waals surface area contributed by atoms with Crippen LogP contribution in [-0.2, 0) is 10.0 Å². The summed E-state index contributed by atoms with van der Waals surface area (Å²) >= 11 is 0. The number of aryl methyl sites for hydroxylation is 2. The van der Waals surface area contributed by atoms with E-state index in [1.807, 2.05) is 6.92 Å². The van der Waals surface area contributed by atoms with Crippen molar-refractivity contribution in [3.8, 4) is 5.75 Å². The van der Waals surface area contributed by atoms with Crippen LogP contribution < -0.4 is 9.88 Å². The molecule has 0 atom stereocenters. The molecule has 0 bridgehead atoms. The number of hydrogen-bond acceptors (Lipinski definition) is 3. The monoisotopic (exact) mass is 283 g/mol. The molecule has 0 amide bonds. The Morgan fingerprint density at radius 2 is 1.84 bits per heavy atom. The van der Waals surface area contributed by atoms with E-state index in [1.54, 1.807) is 19.1 Å². The third kappa shape index (κ3) is 3.48. The van der Waals surface area contributed by atoms with Crippen LogP contribution in [0.25, 0.3) is 0 Å². The maximum atomic E-state index is 11.4. The Bertz CT molecular complexity index is 560. The lowest BCUT2D eigenvalue weighted by Gasteiger charge is -2.15. The molecule has 2 N–H and O–H groups in total. The van der Waals surface area contributed by atoms with Crippen molar-refractivity contribution < 1.29 is 13.2 Å². The minimum atomic E-state index is -3.66. The lowest BCUT2D eigenvalue weighted by molar-refractivity contribution is 0.250. The fourth-order valence-electron chi connectivity index (χ4n) is 2.61. The van der Waals surface area contributed by atoms with Gasteiger partial charge in [0.2, 0.25) is 10.0 Å². The van der Waals surface area contributed by atoms with Crippen molar-refractivity contribution in [3.63, 3.8) is 0 Å². The van der Waals surface area contributed by atoms with Gasteiger partial charge in [0.1, 0.15) is 5.75 Å². The second kappa shape index (κ2) is 5.51. The molecule has 4 nitrogen and oxygen atoms in total. The minimum Gasteiger partial charge on any atom is -0.493 e. The van der Waals surface area contributed by atoms with Crippen LogP contribution in [0.1, 0.15) is 36.8 Å². The molecular formula is C14H21NO3S. The molecule has 1 saturated carbocycles. The summed E-state index contributed by atoms with van der Waals surface area (Å²) in [5, 5.41) is 5.18. The Morgan fingerprint density at radius 1 is 1.21 bits per heavy atom. The van der Waals surface area contributed by atoms with Gasteiger partial charge in [-0.15, -0.1) is 0 Å². The molecule has 1 aliphatic carbocycles. The van der Waals surface area contributed by atoms with E-state index in [9.17, 15) is 8.42 Å². The lowest BCUT2D eigenvalue weighted by Crippen LogP contribution is -2.15. The second-order valence-electron chi connectivity index (χ2n) is 5.39. The Morgan fingerprint density at radius 3 is 2.42 bits per heavy atom. The summed E-state index contributed by atoms with van der Waals surface area (Å²) in [4.78, 5) is 0.179. The molecule has 0 radical (unpaired) electrons. The van der Waals surface area contributed by atoms with Gasteiger partial charge in [-0.3, -0.25) is 0 Å². The molecule has 0 unspecified atom stereocenters. The number of primary sulfonamides is 1. The smallest absolute Gasteiger partial charge is 0.238 e. The molecule has 0 spiro atoms. The fraction of sp³-hybridized carbons (Fsp3) is 0.571. The minimum absolute atomic E-state index is 0.179. The van der Waals surface area contributed by atoms with E-state index < -0.39 is 10.0 Å². The first-order valence-electron chi connectivity index (χ1n) is 6.65. The van der Waals surface area contributed by atoms with Crippen molar-refractivity contribution in [2.75, 3.05) is 6.61 Å². The highest BCUT2D eigenvalue weighted by Crippen LogP contribution is 2.28. The zero-order valence-electron chi connectivity index (χ0n) is 11.5. The number of ether oxygens (including phenoxy) is 1. The molecule has 1 aliphatic rings. The zero-order chi connectivity index (χ0) is 14.0. The molecule has 19 heavy (non-hydrogen) atoms. The van der Waals surface area contributed by atoms with Crippen molar-refractivity contribution in [1.82, 2.24) is 0 Å². The van der Waals surface area contributed by atoms with Gasteiger partial charge in [0.25, 0.3) is 0 Å². The summed E-state index contributed by atoms with van der Waals surface area (Å²) in [6.45, 7) is 4.30. The van der Waals surface area contributed by atoms with Gasteiger partial charge in [-0.05, 0) is 55.9 Å². The average molecular weight is 283 g/mol. The fourth-order valence-corrected chi connectivity index (χ4v) is 3.46. The van der Waals surface area contributed by atoms with Gasteiger partial charge in [0.05, 0.1) is 11.5 Å². The molecule has 5 heteroatoms. The van der Waals surface area contributed by atoms with Crippen LogP contribution in [0.5, 0.6) is 5.75 Å². The quantitative estimate of drug-likeness (QED) is 0.923. The summed E-state index contributed by atoms with van der Waals surface area (Å²) in [6, 6.07) is 3.36. The van der Waals surface area contributed by atoms with Gasteiger partial charge < -0.3 is 4.74 Å². The van der Waals surface area contributed by atoms with Crippen LogP contribution >= 0.6 is 0 Å². The first-order chi connectivity index (χ1) is 8.88. The average Bonchev–Trinajstić information content (AvgIpc) is 2.81.